The van der Waals surface area contributed by atoms with Crippen molar-refractivity contribution in [2.75, 3.05) is 11.6 Å². The third kappa shape index (κ3) is 4.59. The van der Waals surface area contributed by atoms with Gasteiger partial charge in [0.1, 0.15) is 11.2 Å². The van der Waals surface area contributed by atoms with Crippen LogP contribution in [-0.2, 0) is 17.8 Å². The number of carbonyl (C=O) groups excluding carboxylic acids is 2. The predicted octanol–water partition coefficient (Wildman–Crippen LogP) is 3.73. The van der Waals surface area contributed by atoms with Crippen LogP contribution in [0, 0.1) is 0 Å². The maximum Gasteiger partial charge on any atom is 0.337 e. The van der Waals surface area contributed by atoms with Crippen LogP contribution >= 0.6 is 23.1 Å². The lowest BCUT2D eigenvalue weighted by Crippen LogP contribution is -2.40. The summed E-state index contributed by atoms with van der Waals surface area (Å²) in [6.45, 7) is 3.16. The van der Waals surface area contributed by atoms with E-state index in [1.54, 1.807) is 36.4 Å². The molecule has 0 saturated carbocycles. The SMILES string of the molecule is CCc1ccc(-n2c(=O)c3sc(SC)nc3n(CC(=O)Nc3ccc(C(C)=O)cc3)c2=O)cc1. The minimum absolute atomic E-state index is 0.0748. The second-order valence-corrected chi connectivity index (χ2v) is 9.60. The minimum Gasteiger partial charge on any atom is -0.325 e. The van der Waals surface area contributed by atoms with Gasteiger partial charge in [0.05, 0.1) is 5.69 Å². The van der Waals surface area contributed by atoms with Gasteiger partial charge in [-0.2, -0.15) is 0 Å². The molecule has 0 aliphatic carbocycles. The molecule has 2 aromatic heterocycles. The zero-order chi connectivity index (χ0) is 24.4. The van der Waals surface area contributed by atoms with Crippen molar-refractivity contribution in [3.8, 4) is 5.69 Å². The zero-order valence-corrected chi connectivity index (χ0v) is 20.5. The van der Waals surface area contributed by atoms with Crippen LogP contribution in [-0.4, -0.2) is 32.1 Å². The highest BCUT2D eigenvalue weighted by molar-refractivity contribution is 8.00. The fourth-order valence-electron chi connectivity index (χ4n) is 3.49. The molecule has 0 aliphatic heterocycles. The molecule has 4 aromatic rings. The molecule has 0 spiro atoms. The molecule has 1 amide bonds. The number of anilines is 1. The number of fused-ring (bicyclic) bond motifs is 1. The molecule has 4 rings (SSSR count). The number of nitrogens with one attached hydrogen (secondary N) is 1. The van der Waals surface area contributed by atoms with Crippen molar-refractivity contribution in [1.29, 1.82) is 0 Å². The molecule has 8 nitrogen and oxygen atoms in total. The van der Waals surface area contributed by atoms with Crippen LogP contribution in [0.5, 0.6) is 0 Å². The highest BCUT2D eigenvalue weighted by Crippen LogP contribution is 2.25. The molecule has 0 saturated heterocycles. The number of rotatable bonds is 7. The van der Waals surface area contributed by atoms with Crippen LogP contribution < -0.4 is 16.6 Å². The first kappa shape index (κ1) is 23.7. The topological polar surface area (TPSA) is 103 Å². The smallest absolute Gasteiger partial charge is 0.325 e. The molecule has 0 bridgehead atoms. The quantitative estimate of drug-likeness (QED) is 0.310. The summed E-state index contributed by atoms with van der Waals surface area (Å²) < 4.78 is 3.24. The molecule has 10 heteroatoms. The summed E-state index contributed by atoms with van der Waals surface area (Å²) in [6, 6.07) is 13.7. The van der Waals surface area contributed by atoms with Gasteiger partial charge in [0, 0.05) is 11.3 Å². The van der Waals surface area contributed by atoms with E-state index in [1.807, 2.05) is 25.3 Å². The van der Waals surface area contributed by atoms with Gasteiger partial charge in [-0.05, 0) is 61.6 Å². The van der Waals surface area contributed by atoms with Crippen LogP contribution in [0.3, 0.4) is 0 Å². The molecular formula is C24H22N4O4S2. The molecule has 0 radical (unpaired) electrons. The maximum atomic E-state index is 13.4. The van der Waals surface area contributed by atoms with Crippen molar-refractivity contribution >= 4 is 50.8 Å². The van der Waals surface area contributed by atoms with Crippen LogP contribution in [0.25, 0.3) is 16.0 Å². The van der Waals surface area contributed by atoms with E-state index in [9.17, 15) is 19.2 Å². The van der Waals surface area contributed by atoms with E-state index in [0.717, 1.165) is 16.6 Å². The second kappa shape index (κ2) is 9.78. The van der Waals surface area contributed by atoms with E-state index in [-0.39, 0.29) is 18.0 Å². The summed E-state index contributed by atoms with van der Waals surface area (Å²) in [4.78, 5) is 55.4. The second-order valence-electron chi connectivity index (χ2n) is 7.55. The summed E-state index contributed by atoms with van der Waals surface area (Å²) in [5.74, 6) is -0.529. The standard InChI is InChI=1S/C24H22N4O4S2/c1-4-15-5-11-18(12-6-15)28-22(31)20-21(26-23(33-3)34-20)27(24(28)32)13-19(30)25-17-9-7-16(8-10-17)14(2)29/h5-12H,4,13H2,1-3H3,(H,25,30). The van der Waals surface area contributed by atoms with Gasteiger partial charge >= 0.3 is 5.69 Å². The number of hydrogen-bond donors (Lipinski definition) is 1. The van der Waals surface area contributed by atoms with Crippen LogP contribution in [0.1, 0.15) is 29.8 Å². The Hall–Kier alpha value is -3.50. The first-order chi connectivity index (χ1) is 16.3. The van der Waals surface area contributed by atoms with Gasteiger partial charge in [0.15, 0.2) is 15.8 Å². The number of aryl methyl sites for hydroxylation is 1. The maximum absolute atomic E-state index is 13.4. The van der Waals surface area contributed by atoms with E-state index in [4.69, 9.17) is 0 Å². The normalized spacial score (nSPS) is 11.0. The van der Waals surface area contributed by atoms with Gasteiger partial charge in [-0.15, -0.1) is 11.3 Å². The highest BCUT2D eigenvalue weighted by Gasteiger charge is 2.20. The number of hydrogen-bond acceptors (Lipinski definition) is 7. The van der Waals surface area contributed by atoms with Crippen LogP contribution in [0.15, 0.2) is 62.5 Å². The minimum atomic E-state index is -0.637. The fourth-order valence-corrected chi connectivity index (χ4v) is 4.98. The Balaban J connectivity index is 1.76. The lowest BCUT2D eigenvalue weighted by atomic mass is 10.1. The Kier molecular flexibility index (Phi) is 6.80. The van der Waals surface area contributed by atoms with Crippen molar-refractivity contribution in [3.05, 3.63) is 80.5 Å². The molecule has 0 unspecified atom stereocenters. The Morgan fingerprint density at radius 1 is 1.06 bits per heavy atom. The van der Waals surface area contributed by atoms with E-state index in [2.05, 4.69) is 10.3 Å². The largest absolute Gasteiger partial charge is 0.337 e. The summed E-state index contributed by atoms with van der Waals surface area (Å²) in [5.41, 5.74) is 1.63. The number of benzene rings is 2. The molecule has 2 aromatic carbocycles. The molecule has 174 valence electrons. The molecule has 0 atom stereocenters. The molecule has 0 fully saturated rings. The highest BCUT2D eigenvalue weighted by atomic mass is 32.2. The Morgan fingerprint density at radius 2 is 1.74 bits per heavy atom. The van der Waals surface area contributed by atoms with Crippen molar-refractivity contribution in [2.24, 2.45) is 0 Å². The number of carbonyl (C=O) groups is 2. The monoisotopic (exact) mass is 494 g/mol. The molecule has 34 heavy (non-hydrogen) atoms. The van der Waals surface area contributed by atoms with Gasteiger partial charge < -0.3 is 5.32 Å². The van der Waals surface area contributed by atoms with Crippen molar-refractivity contribution < 1.29 is 9.59 Å². The molecular weight excluding hydrogens is 472 g/mol. The van der Waals surface area contributed by atoms with Crippen molar-refractivity contribution in [1.82, 2.24) is 14.1 Å². The van der Waals surface area contributed by atoms with E-state index in [0.29, 0.717) is 26.0 Å². The van der Waals surface area contributed by atoms with Crippen LogP contribution in [0.2, 0.25) is 0 Å². The molecule has 0 aliphatic rings. The number of ketones is 1. The number of amides is 1. The fraction of sp³-hybridized carbons (Fsp3) is 0.208. The predicted molar refractivity (Wildman–Crippen MR) is 136 cm³/mol. The zero-order valence-electron chi connectivity index (χ0n) is 18.8. The summed E-state index contributed by atoms with van der Waals surface area (Å²) in [5, 5.41) is 2.73. The Bertz CT molecular complexity index is 1500. The van der Waals surface area contributed by atoms with E-state index >= 15 is 0 Å². The number of thiazole rings is 1. The van der Waals surface area contributed by atoms with Gasteiger partial charge in [-0.1, -0.05) is 30.8 Å². The van der Waals surface area contributed by atoms with Crippen LogP contribution in [0.4, 0.5) is 5.69 Å². The first-order valence-corrected chi connectivity index (χ1v) is 12.6. The molecule has 1 N–H and O–H groups in total. The van der Waals surface area contributed by atoms with Gasteiger partial charge in [0.25, 0.3) is 5.56 Å². The Morgan fingerprint density at radius 3 is 2.32 bits per heavy atom. The number of Topliss-reactive ketones (excluding diaryl/α,β-unsaturated/α-hetero) is 1. The van der Waals surface area contributed by atoms with E-state index in [1.165, 1.54) is 34.6 Å². The van der Waals surface area contributed by atoms with Gasteiger partial charge in [0.2, 0.25) is 5.91 Å². The molecule has 2 heterocycles. The average molecular weight is 495 g/mol. The third-order valence-electron chi connectivity index (χ3n) is 5.32. The third-order valence-corrected chi connectivity index (χ3v) is 7.34. The van der Waals surface area contributed by atoms with Gasteiger partial charge in [-0.3, -0.25) is 19.0 Å². The lowest BCUT2D eigenvalue weighted by molar-refractivity contribution is -0.116. The van der Waals surface area contributed by atoms with Crippen molar-refractivity contribution in [2.45, 2.75) is 31.2 Å². The van der Waals surface area contributed by atoms with E-state index < -0.39 is 17.2 Å². The number of thioether (sulfide) groups is 1. The first-order valence-electron chi connectivity index (χ1n) is 10.5. The van der Waals surface area contributed by atoms with Gasteiger partial charge in [-0.25, -0.2) is 14.3 Å². The number of aromatic nitrogens is 3. The lowest BCUT2D eigenvalue weighted by Gasteiger charge is -2.12. The summed E-state index contributed by atoms with van der Waals surface area (Å²) in [7, 11) is 0. The number of nitrogens with zero attached hydrogens (tertiary/aromatic N) is 3. The van der Waals surface area contributed by atoms with Crippen molar-refractivity contribution in [3.63, 3.8) is 0 Å². The Labute approximate surface area is 203 Å². The summed E-state index contributed by atoms with van der Waals surface area (Å²) in [6.07, 6.45) is 2.66. The summed E-state index contributed by atoms with van der Waals surface area (Å²) >= 11 is 2.56. The average Bonchev–Trinajstić information content (AvgIpc) is 3.27.